The summed E-state index contributed by atoms with van der Waals surface area (Å²) in [5.41, 5.74) is 0.447. The van der Waals surface area contributed by atoms with Gasteiger partial charge in [-0.1, -0.05) is 0 Å². The highest BCUT2D eigenvalue weighted by Gasteiger charge is 2.46. The molecular formula is C12H10BF2N3O2. The van der Waals surface area contributed by atoms with Crippen molar-refractivity contribution in [2.45, 2.75) is 0 Å². The van der Waals surface area contributed by atoms with E-state index in [1.54, 1.807) is 24.3 Å². The molecule has 8 heteroatoms. The minimum Gasteiger partial charge on any atom is -0.590 e. The van der Waals surface area contributed by atoms with Crippen molar-refractivity contribution >= 4 is 18.8 Å². The van der Waals surface area contributed by atoms with Crippen LogP contribution in [0.2, 0.25) is 0 Å². The van der Waals surface area contributed by atoms with Gasteiger partial charge in [0.15, 0.2) is 0 Å². The van der Waals surface area contributed by atoms with Gasteiger partial charge in [0, 0.05) is 0 Å². The van der Waals surface area contributed by atoms with Crippen LogP contribution in [0.3, 0.4) is 0 Å². The molecule has 0 fully saturated rings. The number of methoxy groups -OCH3 is 1. The molecule has 3 rings (SSSR count). The van der Waals surface area contributed by atoms with E-state index in [9.17, 15) is 8.63 Å². The second kappa shape index (κ2) is 4.55. The maximum Gasteiger partial charge on any atom is 0.736 e. The third-order valence-electron chi connectivity index (χ3n) is 2.90. The van der Waals surface area contributed by atoms with Gasteiger partial charge < -0.3 is 22.5 Å². The number of hydrogen-bond donors (Lipinski definition) is 0. The Hall–Kier alpha value is -2.51. The zero-order valence-electron chi connectivity index (χ0n) is 10.5. The van der Waals surface area contributed by atoms with E-state index in [0.717, 1.165) is 6.20 Å². The van der Waals surface area contributed by atoms with Gasteiger partial charge in [0.25, 0.3) is 5.90 Å². The number of nitrogens with zero attached hydrogens (tertiary/aromatic N) is 3. The highest BCUT2D eigenvalue weighted by atomic mass is 19.3. The molecule has 1 aliphatic heterocycles. The predicted molar refractivity (Wildman–Crippen MR) is 68.1 cm³/mol. The fourth-order valence-corrected chi connectivity index (χ4v) is 1.89. The lowest BCUT2D eigenvalue weighted by Gasteiger charge is -2.26. The van der Waals surface area contributed by atoms with E-state index in [1.807, 2.05) is 0 Å². The van der Waals surface area contributed by atoms with E-state index in [1.165, 1.54) is 19.5 Å². The molecule has 0 N–H and O–H groups in total. The van der Waals surface area contributed by atoms with Crippen LogP contribution in [0.1, 0.15) is 5.56 Å². The maximum atomic E-state index is 13.9. The van der Waals surface area contributed by atoms with Crippen molar-refractivity contribution in [3.05, 3.63) is 48.4 Å². The molecule has 0 saturated heterocycles. The minimum absolute atomic E-state index is 0.0505. The standard InChI is InChI=1S/C12H10BF2N3O2/c1-19-10-4-2-9(3-5-10)12-17-11-8-16-6-7-18(11)13(14,15)20-12/h2-8H,1H3. The smallest absolute Gasteiger partial charge is 0.590 e. The topological polar surface area (TPSA) is 47.6 Å². The van der Waals surface area contributed by atoms with Crippen LogP contribution in [0.15, 0.2) is 47.8 Å². The maximum absolute atomic E-state index is 13.9. The minimum atomic E-state index is -4.21. The zero-order chi connectivity index (χ0) is 14.2. The molecule has 0 atom stereocenters. The molecule has 0 aliphatic carbocycles. The van der Waals surface area contributed by atoms with Gasteiger partial charge in [-0.15, -0.1) is 0 Å². The molecule has 0 bridgehead atoms. The lowest BCUT2D eigenvalue weighted by molar-refractivity contribution is -0.568. The fourth-order valence-electron chi connectivity index (χ4n) is 1.89. The quantitative estimate of drug-likeness (QED) is 0.785. The number of aromatic nitrogens is 2. The first-order valence-electron chi connectivity index (χ1n) is 5.89. The first kappa shape index (κ1) is 12.5. The van der Waals surface area contributed by atoms with Crippen LogP contribution in [0, 0.1) is 0 Å². The van der Waals surface area contributed by atoms with Crippen molar-refractivity contribution < 1.29 is 22.5 Å². The molecule has 20 heavy (non-hydrogen) atoms. The second-order valence-corrected chi connectivity index (χ2v) is 4.17. The third-order valence-corrected chi connectivity index (χ3v) is 2.90. The van der Waals surface area contributed by atoms with Gasteiger partial charge in [0.2, 0.25) is 0 Å². The van der Waals surface area contributed by atoms with Gasteiger partial charge >= 0.3 is 12.9 Å². The predicted octanol–water partition coefficient (Wildman–Crippen LogP) is 1.71. The summed E-state index contributed by atoms with van der Waals surface area (Å²) < 4.78 is 38.3. The zero-order valence-corrected chi connectivity index (χ0v) is 10.5. The molecule has 5 nitrogen and oxygen atoms in total. The third kappa shape index (κ3) is 2.09. The van der Waals surface area contributed by atoms with Gasteiger partial charge in [-0.2, -0.15) is 0 Å². The molecule has 2 aromatic rings. The van der Waals surface area contributed by atoms with Crippen LogP contribution in [0.4, 0.5) is 14.4 Å². The molecule has 1 aromatic carbocycles. The van der Waals surface area contributed by atoms with Crippen LogP contribution < -0.4 is 9.21 Å². The number of aliphatic imine (C=N–C) groups is 1. The van der Waals surface area contributed by atoms with Gasteiger partial charge in [-0.3, -0.25) is 4.98 Å². The van der Waals surface area contributed by atoms with Gasteiger partial charge in [-0.25, -0.2) is 0 Å². The van der Waals surface area contributed by atoms with Crippen molar-refractivity contribution in [2.24, 2.45) is 4.99 Å². The average Bonchev–Trinajstić information content (AvgIpc) is 2.47. The normalized spacial score (nSPS) is 15.8. The molecular weight excluding hydrogens is 267 g/mol. The second-order valence-electron chi connectivity index (χ2n) is 4.17. The number of halogens is 2. The molecule has 0 unspecified atom stereocenters. The van der Waals surface area contributed by atoms with E-state index < -0.39 is 7.04 Å². The van der Waals surface area contributed by atoms with Crippen LogP contribution in [-0.2, 0) is 4.65 Å². The average molecular weight is 277 g/mol. The largest absolute Gasteiger partial charge is 0.736 e. The number of ether oxygens (including phenoxy) is 1. The molecule has 0 amide bonds. The highest BCUT2D eigenvalue weighted by Crippen LogP contribution is 2.22. The summed E-state index contributed by atoms with van der Waals surface area (Å²) in [4.78, 5) is 7.85. The summed E-state index contributed by atoms with van der Waals surface area (Å²) in [7, 11) is -2.68. The van der Waals surface area contributed by atoms with E-state index in [2.05, 4.69) is 9.98 Å². The molecule has 0 radical (unpaired) electrons. The van der Waals surface area contributed by atoms with Crippen molar-refractivity contribution in [3.8, 4) is 5.75 Å². The van der Waals surface area contributed by atoms with Gasteiger partial charge in [0.05, 0.1) is 25.1 Å². The number of rotatable bonds is 2. The Bertz CT molecular complexity index is 677. The van der Waals surface area contributed by atoms with Crippen LogP contribution in [0.25, 0.3) is 0 Å². The van der Waals surface area contributed by atoms with Crippen molar-refractivity contribution in [3.63, 3.8) is 0 Å². The van der Waals surface area contributed by atoms with Crippen molar-refractivity contribution in [1.82, 2.24) is 4.98 Å². The molecule has 102 valence electrons. The van der Waals surface area contributed by atoms with E-state index in [-0.39, 0.29) is 11.7 Å². The Morgan fingerprint density at radius 3 is 2.70 bits per heavy atom. The molecule has 2 heterocycles. The van der Waals surface area contributed by atoms with E-state index >= 15 is 0 Å². The van der Waals surface area contributed by atoms with Gasteiger partial charge in [-0.05, 0) is 29.3 Å². The monoisotopic (exact) mass is 277 g/mol. The Morgan fingerprint density at radius 2 is 2.00 bits per heavy atom. The summed E-state index contributed by atoms with van der Waals surface area (Å²) >= 11 is 0. The fraction of sp³-hybridized carbons (Fsp3) is 0.0833. The summed E-state index contributed by atoms with van der Waals surface area (Å²) in [6.07, 6.45) is 3.67. The Balaban J connectivity index is 2.05. The highest BCUT2D eigenvalue weighted by molar-refractivity contribution is 6.53. The first-order valence-corrected chi connectivity index (χ1v) is 5.89. The Labute approximate surface area is 113 Å². The van der Waals surface area contributed by atoms with Crippen molar-refractivity contribution in [2.75, 3.05) is 7.11 Å². The van der Waals surface area contributed by atoms with Crippen LogP contribution in [-0.4, -0.2) is 25.0 Å². The molecule has 1 aliphatic rings. The molecule has 1 aromatic heterocycles. The molecule has 0 saturated carbocycles. The van der Waals surface area contributed by atoms with Crippen molar-refractivity contribution in [1.29, 1.82) is 0 Å². The summed E-state index contributed by atoms with van der Waals surface area (Å²) in [5.74, 6) is 0.541. The Morgan fingerprint density at radius 1 is 1.25 bits per heavy atom. The number of hydrogen-bond acceptors (Lipinski definition) is 4. The lowest BCUT2D eigenvalue weighted by Crippen LogP contribution is -2.63. The SMILES string of the molecule is COc1ccc(C2=Nc3cncc[n+]3[B-](F)(F)O2)cc1. The summed E-state index contributed by atoms with van der Waals surface area (Å²) in [6.45, 7) is 0. The van der Waals surface area contributed by atoms with Crippen LogP contribution in [0.5, 0.6) is 5.75 Å². The van der Waals surface area contributed by atoms with Gasteiger partial charge in [0.1, 0.15) is 11.9 Å². The van der Waals surface area contributed by atoms with Crippen LogP contribution >= 0.6 is 0 Å². The van der Waals surface area contributed by atoms with E-state index in [0.29, 0.717) is 15.8 Å². The number of fused-ring (bicyclic) bond motifs is 1. The number of benzene rings is 1. The first-order chi connectivity index (χ1) is 9.60. The summed E-state index contributed by atoms with van der Waals surface area (Å²) in [6, 6.07) is 6.52. The lowest BCUT2D eigenvalue weighted by atomic mass is 10.0. The molecule has 0 spiro atoms. The summed E-state index contributed by atoms with van der Waals surface area (Å²) in [5, 5.41) is 0. The van der Waals surface area contributed by atoms with E-state index in [4.69, 9.17) is 9.39 Å². The Kier molecular flexibility index (Phi) is 2.85.